The summed E-state index contributed by atoms with van der Waals surface area (Å²) in [7, 11) is 1.56. The minimum absolute atomic E-state index is 0.0988. The summed E-state index contributed by atoms with van der Waals surface area (Å²) in [6, 6.07) is 5.87. The lowest BCUT2D eigenvalue weighted by Gasteiger charge is -2.12. The first-order valence-corrected chi connectivity index (χ1v) is 7.67. The quantitative estimate of drug-likeness (QED) is 0.818. The van der Waals surface area contributed by atoms with Crippen molar-refractivity contribution in [3.63, 3.8) is 0 Å². The molecule has 1 aliphatic rings. The van der Waals surface area contributed by atoms with Gasteiger partial charge in [-0.25, -0.2) is 0 Å². The molecule has 0 aliphatic heterocycles. The van der Waals surface area contributed by atoms with Gasteiger partial charge in [-0.3, -0.25) is 9.59 Å². The average molecular weight is 305 g/mol. The van der Waals surface area contributed by atoms with E-state index >= 15 is 0 Å². The Morgan fingerprint density at radius 3 is 2.68 bits per heavy atom. The topological polar surface area (TPSA) is 64.6 Å². The molecule has 0 spiro atoms. The van der Waals surface area contributed by atoms with E-state index in [0.717, 1.165) is 36.8 Å². The number of rotatable bonds is 6. The standard InChI is InChI=1S/C17H23NO4/c1-12-7-8-15(21-2)13(9-12)10-17(20)22-11-16(19)18-14-5-3-4-6-14/h7-9,14H,3-6,10-11H2,1-2H3,(H,18,19). The number of hydrogen-bond donors (Lipinski definition) is 1. The largest absolute Gasteiger partial charge is 0.496 e. The van der Waals surface area contributed by atoms with E-state index in [1.807, 2.05) is 25.1 Å². The molecular formula is C17H23NO4. The van der Waals surface area contributed by atoms with E-state index in [4.69, 9.17) is 9.47 Å². The van der Waals surface area contributed by atoms with Gasteiger partial charge in [0.2, 0.25) is 0 Å². The van der Waals surface area contributed by atoms with Crippen molar-refractivity contribution in [2.45, 2.75) is 45.1 Å². The Balaban J connectivity index is 1.80. The molecule has 5 nitrogen and oxygen atoms in total. The van der Waals surface area contributed by atoms with Gasteiger partial charge >= 0.3 is 5.97 Å². The molecule has 0 heterocycles. The van der Waals surface area contributed by atoms with Crippen molar-refractivity contribution in [2.75, 3.05) is 13.7 Å². The third-order valence-corrected chi connectivity index (χ3v) is 3.86. The fourth-order valence-electron chi connectivity index (χ4n) is 2.74. The summed E-state index contributed by atoms with van der Waals surface area (Å²) >= 11 is 0. The minimum Gasteiger partial charge on any atom is -0.496 e. The highest BCUT2D eigenvalue weighted by Gasteiger charge is 2.18. The average Bonchev–Trinajstić information content (AvgIpc) is 2.98. The van der Waals surface area contributed by atoms with Crippen LogP contribution in [0.2, 0.25) is 0 Å². The zero-order valence-corrected chi connectivity index (χ0v) is 13.2. The fourth-order valence-corrected chi connectivity index (χ4v) is 2.74. The van der Waals surface area contributed by atoms with Crippen LogP contribution >= 0.6 is 0 Å². The van der Waals surface area contributed by atoms with Crippen LogP contribution in [-0.2, 0) is 20.7 Å². The maximum atomic E-state index is 11.9. The van der Waals surface area contributed by atoms with Crippen LogP contribution in [0.1, 0.15) is 36.8 Å². The number of ether oxygens (including phenoxy) is 2. The summed E-state index contributed by atoms with van der Waals surface area (Å²) in [5.41, 5.74) is 1.81. The number of carbonyl (C=O) groups excluding carboxylic acids is 2. The van der Waals surface area contributed by atoms with Crippen molar-refractivity contribution in [3.8, 4) is 5.75 Å². The molecule has 5 heteroatoms. The zero-order chi connectivity index (χ0) is 15.9. The van der Waals surface area contributed by atoms with E-state index in [1.165, 1.54) is 0 Å². The lowest BCUT2D eigenvalue weighted by atomic mass is 10.1. The second-order valence-electron chi connectivity index (χ2n) is 5.70. The van der Waals surface area contributed by atoms with Crippen molar-refractivity contribution in [2.24, 2.45) is 0 Å². The highest BCUT2D eigenvalue weighted by Crippen LogP contribution is 2.20. The second kappa shape index (κ2) is 7.82. The van der Waals surface area contributed by atoms with Crippen molar-refractivity contribution in [1.29, 1.82) is 0 Å². The van der Waals surface area contributed by atoms with E-state index < -0.39 is 5.97 Å². The predicted molar refractivity (Wildman–Crippen MR) is 82.8 cm³/mol. The first kappa shape index (κ1) is 16.3. The van der Waals surface area contributed by atoms with Crippen molar-refractivity contribution < 1.29 is 19.1 Å². The molecule has 1 amide bonds. The van der Waals surface area contributed by atoms with Crippen molar-refractivity contribution in [3.05, 3.63) is 29.3 Å². The van der Waals surface area contributed by atoms with Crippen molar-refractivity contribution in [1.82, 2.24) is 5.32 Å². The van der Waals surface area contributed by atoms with Crippen LogP contribution in [0.3, 0.4) is 0 Å². The Bertz CT molecular complexity index is 535. The number of hydrogen-bond acceptors (Lipinski definition) is 4. The van der Waals surface area contributed by atoms with Gasteiger partial charge in [0.1, 0.15) is 5.75 Å². The SMILES string of the molecule is COc1ccc(C)cc1CC(=O)OCC(=O)NC1CCCC1. The van der Waals surface area contributed by atoms with Gasteiger partial charge in [0.15, 0.2) is 6.61 Å². The van der Waals surface area contributed by atoms with Crippen LogP contribution in [0, 0.1) is 6.92 Å². The molecule has 0 atom stereocenters. The molecule has 1 saturated carbocycles. The van der Waals surface area contributed by atoms with Crippen LogP contribution in [-0.4, -0.2) is 31.6 Å². The van der Waals surface area contributed by atoms with Crippen LogP contribution < -0.4 is 10.1 Å². The molecule has 1 fully saturated rings. The lowest BCUT2D eigenvalue weighted by Crippen LogP contribution is -2.36. The van der Waals surface area contributed by atoms with E-state index in [2.05, 4.69) is 5.32 Å². The smallest absolute Gasteiger partial charge is 0.310 e. The van der Waals surface area contributed by atoms with Crippen LogP contribution in [0.25, 0.3) is 0 Å². The molecule has 1 aromatic rings. The van der Waals surface area contributed by atoms with Gasteiger partial charge in [-0.05, 0) is 25.8 Å². The summed E-state index contributed by atoms with van der Waals surface area (Å²) in [4.78, 5) is 23.6. The fraction of sp³-hybridized carbons (Fsp3) is 0.529. The molecule has 0 saturated heterocycles. The second-order valence-corrected chi connectivity index (χ2v) is 5.70. The maximum Gasteiger partial charge on any atom is 0.310 e. The van der Waals surface area contributed by atoms with Gasteiger partial charge in [-0.2, -0.15) is 0 Å². The summed E-state index contributed by atoms with van der Waals surface area (Å²) in [6.45, 7) is 1.73. The van der Waals surface area contributed by atoms with Crippen LogP contribution in [0.5, 0.6) is 5.75 Å². The van der Waals surface area contributed by atoms with E-state index in [0.29, 0.717) is 5.75 Å². The van der Waals surface area contributed by atoms with Crippen molar-refractivity contribution >= 4 is 11.9 Å². The van der Waals surface area contributed by atoms with Gasteiger partial charge in [0.25, 0.3) is 5.91 Å². The monoisotopic (exact) mass is 305 g/mol. The molecule has 1 aromatic carbocycles. The van der Waals surface area contributed by atoms with Crippen LogP contribution in [0.15, 0.2) is 18.2 Å². The lowest BCUT2D eigenvalue weighted by molar-refractivity contribution is -0.148. The molecule has 0 bridgehead atoms. The van der Waals surface area contributed by atoms with E-state index in [1.54, 1.807) is 7.11 Å². The molecule has 0 radical (unpaired) electrons. The van der Waals surface area contributed by atoms with Gasteiger partial charge in [-0.1, -0.05) is 30.5 Å². The number of carbonyl (C=O) groups is 2. The Labute approximate surface area is 131 Å². The predicted octanol–water partition coefficient (Wildman–Crippen LogP) is 2.15. The normalized spacial score (nSPS) is 14.6. The number of methoxy groups -OCH3 is 1. The number of amides is 1. The van der Waals surface area contributed by atoms with Crippen LogP contribution in [0.4, 0.5) is 0 Å². The molecule has 2 rings (SSSR count). The first-order valence-electron chi connectivity index (χ1n) is 7.67. The Morgan fingerprint density at radius 1 is 1.27 bits per heavy atom. The summed E-state index contributed by atoms with van der Waals surface area (Å²) < 4.78 is 10.3. The molecule has 120 valence electrons. The number of esters is 1. The Hall–Kier alpha value is -2.04. The third-order valence-electron chi connectivity index (χ3n) is 3.86. The molecule has 1 aliphatic carbocycles. The minimum atomic E-state index is -0.425. The summed E-state index contributed by atoms with van der Waals surface area (Å²) in [5, 5.41) is 2.89. The van der Waals surface area contributed by atoms with Gasteiger partial charge < -0.3 is 14.8 Å². The van der Waals surface area contributed by atoms with Gasteiger partial charge in [-0.15, -0.1) is 0 Å². The van der Waals surface area contributed by atoms with Gasteiger partial charge in [0, 0.05) is 11.6 Å². The number of aryl methyl sites for hydroxylation is 1. The Morgan fingerprint density at radius 2 is 2.00 bits per heavy atom. The molecule has 22 heavy (non-hydrogen) atoms. The van der Waals surface area contributed by atoms with Gasteiger partial charge in [0.05, 0.1) is 13.5 Å². The molecule has 0 unspecified atom stereocenters. The summed E-state index contributed by atoms with van der Waals surface area (Å²) in [6.07, 6.45) is 4.43. The van der Waals surface area contributed by atoms with E-state index in [-0.39, 0.29) is 25.0 Å². The zero-order valence-electron chi connectivity index (χ0n) is 13.2. The highest BCUT2D eigenvalue weighted by atomic mass is 16.5. The van der Waals surface area contributed by atoms with E-state index in [9.17, 15) is 9.59 Å². The number of nitrogens with one attached hydrogen (secondary N) is 1. The molecule has 0 aromatic heterocycles. The molecular weight excluding hydrogens is 282 g/mol. The molecule has 1 N–H and O–H groups in total. The Kier molecular flexibility index (Phi) is 5.81. The third kappa shape index (κ3) is 4.76. The maximum absolute atomic E-state index is 11.9. The summed E-state index contributed by atoms with van der Waals surface area (Å²) in [5.74, 6) is -0.000105. The highest BCUT2D eigenvalue weighted by molar-refractivity contribution is 5.81. The first-order chi connectivity index (χ1) is 10.6. The number of benzene rings is 1.